The number of pyridine rings is 1. The van der Waals surface area contributed by atoms with Crippen LogP contribution in [0.4, 0.5) is 10.6 Å². The van der Waals surface area contributed by atoms with Gasteiger partial charge in [-0.25, -0.2) is 9.78 Å². The first kappa shape index (κ1) is 18.7. The highest BCUT2D eigenvalue weighted by Crippen LogP contribution is 2.31. The van der Waals surface area contributed by atoms with Crippen molar-refractivity contribution in [2.24, 2.45) is 0 Å². The van der Waals surface area contributed by atoms with Crippen molar-refractivity contribution in [3.05, 3.63) is 59.0 Å². The highest BCUT2D eigenvalue weighted by Gasteiger charge is 2.24. The Morgan fingerprint density at radius 2 is 2.00 bits per heavy atom. The molecule has 0 fully saturated rings. The van der Waals surface area contributed by atoms with Gasteiger partial charge in [0, 0.05) is 23.6 Å². The lowest BCUT2D eigenvalue weighted by Gasteiger charge is -2.19. The Morgan fingerprint density at radius 1 is 1.21 bits per heavy atom. The highest BCUT2D eigenvalue weighted by molar-refractivity contribution is 6.12. The van der Waals surface area contributed by atoms with E-state index in [9.17, 15) is 14.7 Å². The van der Waals surface area contributed by atoms with Crippen LogP contribution in [0.1, 0.15) is 42.5 Å². The molecule has 0 aliphatic heterocycles. The summed E-state index contributed by atoms with van der Waals surface area (Å²) < 4.78 is 10.9. The molecule has 148 valence electrons. The van der Waals surface area contributed by atoms with Crippen molar-refractivity contribution >= 4 is 34.7 Å². The van der Waals surface area contributed by atoms with Crippen LogP contribution in [0.15, 0.2) is 46.5 Å². The summed E-state index contributed by atoms with van der Waals surface area (Å²) in [6, 6.07) is 8.00. The van der Waals surface area contributed by atoms with Crippen LogP contribution in [0.2, 0.25) is 0 Å². The number of hydrogen-bond acceptors (Lipinski definition) is 6. The van der Waals surface area contributed by atoms with Crippen LogP contribution in [-0.4, -0.2) is 27.6 Å². The third-order valence-corrected chi connectivity index (χ3v) is 4.38. The molecule has 0 unspecified atom stereocenters. The van der Waals surface area contributed by atoms with Gasteiger partial charge in [-0.15, -0.1) is 0 Å². The zero-order valence-corrected chi connectivity index (χ0v) is 16.3. The minimum Gasteiger partial charge on any atom is -0.508 e. The number of allylic oxidation sites excluding steroid dienone is 1. The van der Waals surface area contributed by atoms with Crippen LogP contribution in [0, 0.1) is 0 Å². The number of anilines is 1. The molecular weight excluding hydrogens is 372 g/mol. The Kier molecular flexibility index (Phi) is 4.38. The van der Waals surface area contributed by atoms with E-state index in [1.165, 1.54) is 6.07 Å². The molecule has 0 saturated heterocycles. The van der Waals surface area contributed by atoms with E-state index in [4.69, 9.17) is 9.15 Å². The normalized spacial score (nSPS) is 13.1. The Bertz CT molecular complexity index is 1170. The first-order valence-electron chi connectivity index (χ1n) is 9.15. The molecule has 2 N–H and O–H groups in total. The Morgan fingerprint density at radius 3 is 2.76 bits per heavy atom. The fraction of sp³-hybridized carbons (Fsp3) is 0.227. The second-order valence-corrected chi connectivity index (χ2v) is 7.90. The molecule has 0 atom stereocenters. The Balaban J connectivity index is 1.54. The second kappa shape index (κ2) is 6.77. The number of furan rings is 1. The summed E-state index contributed by atoms with van der Waals surface area (Å²) in [4.78, 5) is 29.0. The van der Waals surface area contributed by atoms with Crippen LogP contribution < -0.4 is 5.32 Å². The number of phenols is 1. The van der Waals surface area contributed by atoms with E-state index >= 15 is 0 Å². The summed E-state index contributed by atoms with van der Waals surface area (Å²) in [5.74, 6) is 0.450. The quantitative estimate of drug-likeness (QED) is 0.626. The molecule has 7 nitrogen and oxygen atoms in total. The minimum absolute atomic E-state index is 0.112. The van der Waals surface area contributed by atoms with Gasteiger partial charge in [0.15, 0.2) is 5.76 Å². The minimum atomic E-state index is -0.607. The summed E-state index contributed by atoms with van der Waals surface area (Å²) in [5, 5.41) is 12.8. The van der Waals surface area contributed by atoms with Gasteiger partial charge >= 0.3 is 6.09 Å². The molecule has 1 aromatic carbocycles. The topological polar surface area (TPSA) is 102 Å². The van der Waals surface area contributed by atoms with Gasteiger partial charge in [-0.05, 0) is 68.3 Å². The molecule has 29 heavy (non-hydrogen) atoms. The number of nitrogens with zero attached hydrogens (tertiary/aromatic N) is 1. The van der Waals surface area contributed by atoms with Gasteiger partial charge in [0.25, 0.3) is 0 Å². The van der Waals surface area contributed by atoms with Crippen LogP contribution >= 0.6 is 0 Å². The number of carbonyl (C=O) groups is 2. The van der Waals surface area contributed by atoms with Crippen LogP contribution in [0.5, 0.6) is 5.75 Å². The number of phenolic OH excluding ortho intramolecular Hbond substituents is 1. The van der Waals surface area contributed by atoms with E-state index in [2.05, 4.69) is 10.3 Å². The van der Waals surface area contributed by atoms with Gasteiger partial charge in [0.1, 0.15) is 22.8 Å². The van der Waals surface area contributed by atoms with E-state index < -0.39 is 11.7 Å². The van der Waals surface area contributed by atoms with Gasteiger partial charge in [0.05, 0.1) is 0 Å². The molecule has 0 radical (unpaired) electrons. The van der Waals surface area contributed by atoms with Crippen molar-refractivity contribution in [1.29, 1.82) is 0 Å². The average molecular weight is 392 g/mol. The zero-order valence-electron chi connectivity index (χ0n) is 16.3. The standard InChI is InChI=1S/C22H20N2O5/c1-22(2,3)29-21(27)24-19-10-12-6-14(7-15(12)11-23-19)20(26)18-9-13-8-16(25)4-5-17(13)28-18/h4-6,8-11,25H,7H2,1-3H3,(H,23,24,27). The first-order valence-corrected chi connectivity index (χ1v) is 9.15. The van der Waals surface area contributed by atoms with Gasteiger partial charge in [-0.1, -0.05) is 0 Å². The van der Waals surface area contributed by atoms with E-state index in [0.29, 0.717) is 28.8 Å². The number of carbonyl (C=O) groups excluding carboxylic acids is 2. The maximum absolute atomic E-state index is 12.9. The number of amides is 1. The van der Waals surface area contributed by atoms with Crippen molar-refractivity contribution in [3.8, 4) is 5.75 Å². The molecule has 2 heterocycles. The van der Waals surface area contributed by atoms with Gasteiger partial charge in [-0.3, -0.25) is 10.1 Å². The second-order valence-electron chi connectivity index (χ2n) is 7.90. The van der Waals surface area contributed by atoms with Crippen molar-refractivity contribution < 1.29 is 23.8 Å². The number of Topliss-reactive ketones (excluding diaryl/α,β-unsaturated/α-hetero) is 1. The smallest absolute Gasteiger partial charge is 0.413 e. The number of aromatic hydroxyl groups is 1. The molecule has 4 rings (SSSR count). The van der Waals surface area contributed by atoms with E-state index in [-0.39, 0.29) is 17.3 Å². The number of aromatic nitrogens is 1. The van der Waals surface area contributed by atoms with Gasteiger partial charge < -0.3 is 14.3 Å². The van der Waals surface area contributed by atoms with Crippen LogP contribution in [0.25, 0.3) is 17.0 Å². The predicted molar refractivity (Wildman–Crippen MR) is 108 cm³/mol. The molecule has 3 aromatic rings. The van der Waals surface area contributed by atoms with Crippen molar-refractivity contribution in [2.75, 3.05) is 5.32 Å². The van der Waals surface area contributed by atoms with Gasteiger partial charge in [-0.2, -0.15) is 0 Å². The highest BCUT2D eigenvalue weighted by atomic mass is 16.6. The third-order valence-electron chi connectivity index (χ3n) is 4.38. The molecule has 2 aromatic heterocycles. The van der Waals surface area contributed by atoms with Crippen molar-refractivity contribution in [3.63, 3.8) is 0 Å². The number of ether oxygens (including phenoxy) is 1. The lowest BCUT2D eigenvalue weighted by atomic mass is 10.1. The van der Waals surface area contributed by atoms with Crippen molar-refractivity contribution in [1.82, 2.24) is 4.98 Å². The van der Waals surface area contributed by atoms with E-state index in [1.54, 1.807) is 57.3 Å². The largest absolute Gasteiger partial charge is 0.508 e. The van der Waals surface area contributed by atoms with Crippen molar-refractivity contribution in [2.45, 2.75) is 32.8 Å². The molecular formula is C22H20N2O5. The maximum atomic E-state index is 12.9. The molecule has 0 bridgehead atoms. The number of hydrogen-bond donors (Lipinski definition) is 2. The monoisotopic (exact) mass is 392 g/mol. The first-order chi connectivity index (χ1) is 13.7. The number of fused-ring (bicyclic) bond motifs is 2. The predicted octanol–water partition coefficient (Wildman–Crippen LogP) is 4.70. The molecule has 0 spiro atoms. The molecule has 1 aliphatic carbocycles. The molecule has 7 heteroatoms. The number of ketones is 1. The SMILES string of the molecule is CC(C)(C)OC(=O)Nc1cc2c(cn1)CC(C(=O)c1cc3cc(O)ccc3o1)=C2. The lowest BCUT2D eigenvalue weighted by Crippen LogP contribution is -2.27. The number of rotatable bonds is 3. The fourth-order valence-electron chi connectivity index (χ4n) is 3.15. The summed E-state index contributed by atoms with van der Waals surface area (Å²) in [6.07, 6.45) is 3.24. The van der Waals surface area contributed by atoms with Crippen LogP contribution in [-0.2, 0) is 11.2 Å². The Hall–Kier alpha value is -3.61. The molecule has 1 aliphatic rings. The molecule has 1 amide bonds. The summed E-state index contributed by atoms with van der Waals surface area (Å²) in [7, 11) is 0. The lowest BCUT2D eigenvalue weighted by molar-refractivity contribution is 0.0635. The summed E-state index contributed by atoms with van der Waals surface area (Å²) in [6.45, 7) is 5.34. The van der Waals surface area contributed by atoms with Crippen LogP contribution in [0.3, 0.4) is 0 Å². The maximum Gasteiger partial charge on any atom is 0.413 e. The Labute approximate surface area is 167 Å². The number of benzene rings is 1. The fourth-order valence-corrected chi connectivity index (χ4v) is 3.15. The van der Waals surface area contributed by atoms with E-state index in [1.807, 2.05) is 0 Å². The van der Waals surface area contributed by atoms with Gasteiger partial charge in [0.2, 0.25) is 5.78 Å². The summed E-state index contributed by atoms with van der Waals surface area (Å²) >= 11 is 0. The number of nitrogens with one attached hydrogen (secondary N) is 1. The average Bonchev–Trinajstić information content (AvgIpc) is 3.22. The summed E-state index contributed by atoms with van der Waals surface area (Å²) in [5.41, 5.74) is 2.19. The van der Waals surface area contributed by atoms with E-state index in [0.717, 1.165) is 11.1 Å². The molecule has 0 saturated carbocycles. The third kappa shape index (κ3) is 3.99. The zero-order chi connectivity index (χ0) is 20.8.